The Bertz CT molecular complexity index is 988. The number of phenols is 1. The number of imidazole rings is 1. The number of anilines is 2. The van der Waals surface area contributed by atoms with Crippen LogP contribution in [0.4, 0.5) is 11.5 Å². The zero-order valence-corrected chi connectivity index (χ0v) is 13.1. The number of hydrogen-bond acceptors (Lipinski definition) is 4. The Hall–Kier alpha value is -3.34. The maximum atomic E-state index is 10.1. The van der Waals surface area contributed by atoms with E-state index in [1.807, 2.05) is 60.0 Å². The molecule has 0 saturated carbocycles. The summed E-state index contributed by atoms with van der Waals surface area (Å²) in [7, 11) is 0. The van der Waals surface area contributed by atoms with Crippen LogP contribution in [0.5, 0.6) is 5.75 Å². The average Bonchev–Trinajstić information content (AvgIpc) is 3.09. The number of rotatable bonds is 3. The minimum absolute atomic E-state index is 0.196. The molecule has 0 saturated heterocycles. The first-order chi connectivity index (χ1) is 11.7. The highest BCUT2D eigenvalue weighted by Crippen LogP contribution is 2.31. The molecule has 0 spiro atoms. The van der Waals surface area contributed by atoms with E-state index in [1.165, 1.54) is 0 Å². The molecule has 2 N–H and O–H groups in total. The van der Waals surface area contributed by atoms with E-state index in [1.54, 1.807) is 18.6 Å². The van der Waals surface area contributed by atoms with Gasteiger partial charge in [-0.2, -0.15) is 0 Å². The molecule has 0 aliphatic carbocycles. The second-order valence-electron chi connectivity index (χ2n) is 5.60. The topological polar surface area (TPSA) is 62.5 Å². The summed E-state index contributed by atoms with van der Waals surface area (Å²) in [4.78, 5) is 8.80. The Morgan fingerprint density at radius 1 is 1.00 bits per heavy atom. The van der Waals surface area contributed by atoms with E-state index in [9.17, 15) is 5.11 Å². The van der Waals surface area contributed by atoms with Gasteiger partial charge in [-0.25, -0.2) is 9.97 Å². The van der Waals surface area contributed by atoms with Crippen LogP contribution in [0.2, 0.25) is 0 Å². The molecule has 0 radical (unpaired) electrons. The normalized spacial score (nSPS) is 10.9. The number of hydrogen-bond donors (Lipinski definition) is 2. The van der Waals surface area contributed by atoms with E-state index in [4.69, 9.17) is 0 Å². The molecule has 2 aromatic heterocycles. The fraction of sp³-hybridized carbons (Fsp3) is 0.0526. The zero-order valence-electron chi connectivity index (χ0n) is 13.1. The fourth-order valence-electron chi connectivity index (χ4n) is 2.77. The van der Waals surface area contributed by atoms with Gasteiger partial charge in [-0.3, -0.25) is 4.40 Å². The number of aromatic hydroxyl groups is 1. The van der Waals surface area contributed by atoms with Crippen molar-refractivity contribution < 1.29 is 5.11 Å². The van der Waals surface area contributed by atoms with Crippen molar-refractivity contribution in [3.8, 4) is 17.0 Å². The van der Waals surface area contributed by atoms with Crippen molar-refractivity contribution in [3.63, 3.8) is 0 Å². The van der Waals surface area contributed by atoms with E-state index in [0.29, 0.717) is 11.5 Å². The van der Waals surface area contributed by atoms with Gasteiger partial charge in [-0.05, 0) is 18.6 Å². The summed E-state index contributed by atoms with van der Waals surface area (Å²) in [6.45, 7) is 1.94. The lowest BCUT2D eigenvalue weighted by Gasteiger charge is -2.13. The molecule has 0 bridgehead atoms. The number of nitrogens with one attached hydrogen (secondary N) is 1. The smallest absolute Gasteiger partial charge is 0.156 e. The van der Waals surface area contributed by atoms with Gasteiger partial charge in [-0.15, -0.1) is 0 Å². The maximum Gasteiger partial charge on any atom is 0.156 e. The molecule has 4 aromatic rings. The van der Waals surface area contributed by atoms with Crippen LogP contribution >= 0.6 is 0 Å². The Labute approximate surface area is 139 Å². The van der Waals surface area contributed by atoms with Gasteiger partial charge in [0.1, 0.15) is 11.3 Å². The van der Waals surface area contributed by atoms with E-state index in [-0.39, 0.29) is 5.75 Å². The predicted molar refractivity (Wildman–Crippen MR) is 94.5 cm³/mol. The van der Waals surface area contributed by atoms with E-state index >= 15 is 0 Å². The van der Waals surface area contributed by atoms with Gasteiger partial charge in [0.15, 0.2) is 5.82 Å². The molecule has 0 unspecified atom stereocenters. The molecule has 2 aromatic carbocycles. The van der Waals surface area contributed by atoms with Gasteiger partial charge in [0.2, 0.25) is 0 Å². The van der Waals surface area contributed by atoms with Crippen molar-refractivity contribution in [1.82, 2.24) is 14.4 Å². The van der Waals surface area contributed by atoms with Gasteiger partial charge in [-0.1, -0.05) is 42.5 Å². The Kier molecular flexibility index (Phi) is 3.39. The summed E-state index contributed by atoms with van der Waals surface area (Å²) in [6, 6.07) is 15.5. The monoisotopic (exact) mass is 316 g/mol. The van der Waals surface area contributed by atoms with Crippen LogP contribution < -0.4 is 5.32 Å². The van der Waals surface area contributed by atoms with Crippen LogP contribution in [0, 0.1) is 6.92 Å². The van der Waals surface area contributed by atoms with Gasteiger partial charge in [0.05, 0.1) is 30.1 Å². The summed E-state index contributed by atoms with van der Waals surface area (Å²) in [5.41, 5.74) is 4.47. The quantitative estimate of drug-likeness (QED) is 0.557. The molecule has 0 amide bonds. The maximum absolute atomic E-state index is 10.1. The van der Waals surface area contributed by atoms with Crippen LogP contribution in [0.1, 0.15) is 5.56 Å². The summed E-state index contributed by atoms with van der Waals surface area (Å²) in [5, 5.41) is 13.3. The summed E-state index contributed by atoms with van der Waals surface area (Å²) >= 11 is 0. The van der Waals surface area contributed by atoms with Crippen molar-refractivity contribution in [2.45, 2.75) is 6.92 Å². The zero-order chi connectivity index (χ0) is 16.5. The van der Waals surface area contributed by atoms with E-state index in [0.717, 1.165) is 22.3 Å². The number of para-hydroxylation sites is 1. The highest BCUT2D eigenvalue weighted by atomic mass is 16.3. The fourth-order valence-corrected chi connectivity index (χ4v) is 2.77. The minimum atomic E-state index is 0.196. The molecule has 5 heteroatoms. The number of fused-ring (bicyclic) bond motifs is 1. The van der Waals surface area contributed by atoms with Crippen LogP contribution in [-0.2, 0) is 0 Å². The van der Waals surface area contributed by atoms with E-state index < -0.39 is 0 Å². The molecule has 4 rings (SSSR count). The molecule has 0 fully saturated rings. The number of aromatic nitrogens is 3. The molecule has 24 heavy (non-hydrogen) atoms. The third-order valence-electron chi connectivity index (χ3n) is 4.02. The van der Waals surface area contributed by atoms with Crippen LogP contribution in [-0.4, -0.2) is 19.5 Å². The predicted octanol–water partition coefficient (Wildman–Crippen LogP) is 4.15. The van der Waals surface area contributed by atoms with Crippen molar-refractivity contribution in [3.05, 3.63) is 72.8 Å². The second kappa shape index (κ2) is 5.70. The summed E-state index contributed by atoms with van der Waals surface area (Å²) in [5.74, 6) is 0.846. The Balaban J connectivity index is 1.83. The van der Waals surface area contributed by atoms with Gasteiger partial charge < -0.3 is 10.4 Å². The lowest BCUT2D eigenvalue weighted by molar-refractivity contribution is 0.477. The minimum Gasteiger partial charge on any atom is -0.506 e. The molecular formula is C19H16N4O. The molecular weight excluding hydrogens is 300 g/mol. The SMILES string of the molecule is Cc1cccc(O)c1Nc1ncc(-c2ccccc2)n2cncc12. The molecule has 5 nitrogen and oxygen atoms in total. The third kappa shape index (κ3) is 2.36. The number of benzene rings is 2. The molecule has 0 aliphatic heterocycles. The standard InChI is InChI=1S/C19H16N4O/c1-13-6-5-9-17(24)18(13)22-19-16-10-20-12-23(16)15(11-21-19)14-7-3-2-4-8-14/h2-12,24H,1H3,(H,21,22). The number of phenolic OH excluding ortho intramolecular Hbond substituents is 1. The van der Waals surface area contributed by atoms with Crippen molar-refractivity contribution in [2.24, 2.45) is 0 Å². The van der Waals surface area contributed by atoms with Crippen molar-refractivity contribution >= 4 is 17.0 Å². The van der Waals surface area contributed by atoms with Crippen molar-refractivity contribution in [1.29, 1.82) is 0 Å². The highest BCUT2D eigenvalue weighted by Gasteiger charge is 2.12. The highest BCUT2D eigenvalue weighted by molar-refractivity contribution is 5.79. The van der Waals surface area contributed by atoms with Crippen LogP contribution in [0.15, 0.2) is 67.3 Å². The van der Waals surface area contributed by atoms with Crippen LogP contribution in [0.3, 0.4) is 0 Å². The average molecular weight is 316 g/mol. The Morgan fingerprint density at radius 3 is 2.62 bits per heavy atom. The largest absolute Gasteiger partial charge is 0.506 e. The summed E-state index contributed by atoms with van der Waals surface area (Å²) < 4.78 is 1.99. The number of nitrogens with zero attached hydrogens (tertiary/aromatic N) is 3. The third-order valence-corrected chi connectivity index (χ3v) is 4.02. The first-order valence-electron chi connectivity index (χ1n) is 7.66. The Morgan fingerprint density at radius 2 is 1.83 bits per heavy atom. The first kappa shape index (κ1) is 14.3. The van der Waals surface area contributed by atoms with Gasteiger partial charge in [0, 0.05) is 5.56 Å². The van der Waals surface area contributed by atoms with Gasteiger partial charge >= 0.3 is 0 Å². The lowest BCUT2D eigenvalue weighted by atomic mass is 10.1. The number of aryl methyl sites for hydroxylation is 1. The van der Waals surface area contributed by atoms with Crippen molar-refractivity contribution in [2.75, 3.05) is 5.32 Å². The lowest BCUT2D eigenvalue weighted by Crippen LogP contribution is -2.01. The first-order valence-corrected chi connectivity index (χ1v) is 7.66. The molecule has 2 heterocycles. The molecule has 0 atom stereocenters. The van der Waals surface area contributed by atoms with E-state index in [2.05, 4.69) is 15.3 Å². The van der Waals surface area contributed by atoms with Crippen LogP contribution in [0.25, 0.3) is 16.8 Å². The van der Waals surface area contributed by atoms with Gasteiger partial charge in [0.25, 0.3) is 0 Å². The molecule has 0 aliphatic rings. The second-order valence-corrected chi connectivity index (χ2v) is 5.60. The molecule has 118 valence electrons. The summed E-state index contributed by atoms with van der Waals surface area (Å²) in [6.07, 6.45) is 5.33.